The number of esters is 2. The number of carbonyl (C=O) groups excluding carboxylic acids is 3. The summed E-state index contributed by atoms with van der Waals surface area (Å²) in [6.45, 7) is 5.99. The molecule has 0 saturated heterocycles. The second-order valence-corrected chi connectivity index (χ2v) is 9.75. The highest BCUT2D eigenvalue weighted by molar-refractivity contribution is 7.99. The van der Waals surface area contributed by atoms with Crippen LogP contribution in [0.5, 0.6) is 0 Å². The van der Waals surface area contributed by atoms with Gasteiger partial charge in [-0.05, 0) is 42.7 Å². The molecule has 0 spiro atoms. The quantitative estimate of drug-likeness (QED) is 0.357. The Kier molecular flexibility index (Phi) is 8.06. The Balaban J connectivity index is 2.06. The van der Waals surface area contributed by atoms with Gasteiger partial charge < -0.3 is 14.8 Å². The lowest BCUT2D eigenvalue weighted by Crippen LogP contribution is -2.43. The Morgan fingerprint density at radius 2 is 1.94 bits per heavy atom. The van der Waals surface area contributed by atoms with Crippen molar-refractivity contribution in [2.45, 2.75) is 33.1 Å². The Morgan fingerprint density at radius 1 is 1.25 bits per heavy atom. The smallest absolute Gasteiger partial charge is 0.336 e. The number of nitrogens with one attached hydrogen (secondary N) is 1. The minimum absolute atomic E-state index is 0.223. The Bertz CT molecular complexity index is 969. The number of carbonyl (C=O) groups is 3. The van der Waals surface area contributed by atoms with Gasteiger partial charge in [-0.25, -0.2) is 4.79 Å². The van der Waals surface area contributed by atoms with Crippen molar-refractivity contribution in [2.24, 2.45) is 11.8 Å². The predicted octanol–water partition coefficient (Wildman–Crippen LogP) is 4.25. The van der Waals surface area contributed by atoms with Crippen molar-refractivity contribution in [1.29, 1.82) is 0 Å². The number of methoxy groups -OCH3 is 1. The number of dihydropyridines is 1. The molecule has 1 N–H and O–H groups in total. The van der Waals surface area contributed by atoms with E-state index in [2.05, 4.69) is 5.32 Å². The number of ketones is 1. The molecule has 0 saturated carbocycles. The molecule has 0 unspecified atom stereocenters. The van der Waals surface area contributed by atoms with Gasteiger partial charge in [-0.1, -0.05) is 37.6 Å². The molecule has 6 nitrogen and oxygen atoms in total. The summed E-state index contributed by atoms with van der Waals surface area (Å²) in [7, 11) is 1.28. The van der Waals surface area contributed by atoms with Crippen molar-refractivity contribution >= 4 is 41.1 Å². The summed E-state index contributed by atoms with van der Waals surface area (Å²) in [5.74, 6) is -1.50. The molecular weight excluding hydrogens is 450 g/mol. The molecule has 1 aromatic carbocycles. The van der Waals surface area contributed by atoms with Crippen LogP contribution >= 0.6 is 23.4 Å². The van der Waals surface area contributed by atoms with Crippen LogP contribution in [-0.2, 0) is 23.9 Å². The molecule has 32 heavy (non-hydrogen) atoms. The van der Waals surface area contributed by atoms with Crippen molar-refractivity contribution in [2.75, 3.05) is 25.2 Å². The van der Waals surface area contributed by atoms with E-state index in [4.69, 9.17) is 21.1 Å². The molecule has 0 amide bonds. The third kappa shape index (κ3) is 4.89. The van der Waals surface area contributed by atoms with E-state index in [1.807, 2.05) is 20.8 Å². The first-order valence-electron chi connectivity index (χ1n) is 10.6. The van der Waals surface area contributed by atoms with Crippen LogP contribution in [0.2, 0.25) is 5.02 Å². The number of Topliss-reactive ketones (excluding diaryl/α,β-unsaturated/α-hetero) is 1. The summed E-state index contributed by atoms with van der Waals surface area (Å²) in [6.07, 6.45) is 0.498. The fourth-order valence-corrected chi connectivity index (χ4v) is 4.97. The SMILES string of the molecule is CCSCCOC(=O)C1=C(C)NC2=C(C(=O)[C@H](C(=O)OC)[C@@H](C)C2)[C@H]1c1ccc(Cl)cc1. The molecule has 1 aliphatic carbocycles. The molecule has 3 atom stereocenters. The lowest BCUT2D eigenvalue weighted by atomic mass is 9.69. The average molecular weight is 478 g/mol. The van der Waals surface area contributed by atoms with Crippen molar-refractivity contribution in [3.05, 3.63) is 57.4 Å². The number of hydrogen-bond acceptors (Lipinski definition) is 7. The van der Waals surface area contributed by atoms with Crippen LogP contribution in [0.1, 0.15) is 38.7 Å². The van der Waals surface area contributed by atoms with E-state index in [-0.39, 0.29) is 18.3 Å². The maximum absolute atomic E-state index is 13.6. The number of ether oxygens (including phenoxy) is 2. The zero-order chi connectivity index (χ0) is 23.4. The summed E-state index contributed by atoms with van der Waals surface area (Å²) in [6, 6.07) is 7.05. The number of thioether (sulfide) groups is 1. The second kappa shape index (κ2) is 10.6. The van der Waals surface area contributed by atoms with Crippen LogP contribution in [0.25, 0.3) is 0 Å². The van der Waals surface area contributed by atoms with Gasteiger partial charge in [-0.3, -0.25) is 9.59 Å². The first-order valence-corrected chi connectivity index (χ1v) is 12.2. The first-order chi connectivity index (χ1) is 15.3. The van der Waals surface area contributed by atoms with Crippen LogP contribution in [0.15, 0.2) is 46.8 Å². The average Bonchev–Trinajstić information content (AvgIpc) is 2.76. The van der Waals surface area contributed by atoms with Crippen LogP contribution in [0.4, 0.5) is 0 Å². The zero-order valence-corrected chi connectivity index (χ0v) is 20.3. The van der Waals surface area contributed by atoms with E-state index in [0.29, 0.717) is 34.0 Å². The minimum Gasteiger partial charge on any atom is -0.468 e. The van der Waals surface area contributed by atoms with Crippen LogP contribution < -0.4 is 5.32 Å². The van der Waals surface area contributed by atoms with Gasteiger partial charge in [0.05, 0.1) is 12.7 Å². The van der Waals surface area contributed by atoms with Gasteiger partial charge in [-0.15, -0.1) is 0 Å². The number of hydrogen-bond donors (Lipinski definition) is 1. The largest absolute Gasteiger partial charge is 0.468 e. The van der Waals surface area contributed by atoms with E-state index in [0.717, 1.165) is 17.0 Å². The first kappa shape index (κ1) is 24.4. The highest BCUT2D eigenvalue weighted by Gasteiger charge is 2.47. The fraction of sp³-hybridized carbons (Fsp3) is 0.458. The lowest BCUT2D eigenvalue weighted by Gasteiger charge is -2.38. The zero-order valence-electron chi connectivity index (χ0n) is 18.7. The van der Waals surface area contributed by atoms with Crippen LogP contribution in [0, 0.1) is 11.8 Å². The Labute approximate surface area is 197 Å². The Morgan fingerprint density at radius 3 is 2.56 bits per heavy atom. The van der Waals surface area contributed by atoms with Gasteiger partial charge in [0.25, 0.3) is 0 Å². The normalized spacial score (nSPS) is 22.9. The molecule has 1 heterocycles. The van der Waals surface area contributed by atoms with Crippen molar-refractivity contribution in [1.82, 2.24) is 5.32 Å². The highest BCUT2D eigenvalue weighted by atomic mass is 35.5. The Hall–Kier alpha value is -2.25. The molecule has 1 aromatic rings. The monoisotopic (exact) mass is 477 g/mol. The van der Waals surface area contributed by atoms with Crippen molar-refractivity contribution < 1.29 is 23.9 Å². The molecule has 3 rings (SSSR count). The predicted molar refractivity (Wildman–Crippen MR) is 125 cm³/mol. The van der Waals surface area contributed by atoms with E-state index >= 15 is 0 Å². The van der Waals surface area contributed by atoms with Gasteiger partial charge in [0.2, 0.25) is 0 Å². The van der Waals surface area contributed by atoms with E-state index in [1.54, 1.807) is 36.0 Å². The van der Waals surface area contributed by atoms with Crippen molar-refractivity contribution in [3.63, 3.8) is 0 Å². The van der Waals surface area contributed by atoms with Gasteiger partial charge in [0.15, 0.2) is 5.78 Å². The number of rotatable bonds is 7. The molecule has 8 heteroatoms. The molecule has 2 aliphatic rings. The number of allylic oxidation sites excluding steroid dienone is 3. The summed E-state index contributed by atoms with van der Waals surface area (Å²) in [5, 5.41) is 3.80. The number of halogens is 1. The van der Waals surface area contributed by atoms with Gasteiger partial charge in [0.1, 0.15) is 12.5 Å². The second-order valence-electron chi connectivity index (χ2n) is 7.92. The molecule has 0 aromatic heterocycles. The van der Waals surface area contributed by atoms with Crippen molar-refractivity contribution in [3.8, 4) is 0 Å². The molecule has 0 radical (unpaired) electrons. The maximum Gasteiger partial charge on any atom is 0.336 e. The lowest BCUT2D eigenvalue weighted by molar-refractivity contribution is -0.151. The van der Waals surface area contributed by atoms with E-state index in [9.17, 15) is 14.4 Å². The third-order valence-electron chi connectivity index (χ3n) is 5.83. The van der Waals surface area contributed by atoms with Gasteiger partial charge in [-0.2, -0.15) is 11.8 Å². The van der Waals surface area contributed by atoms with E-state index in [1.165, 1.54) is 7.11 Å². The van der Waals surface area contributed by atoms with E-state index < -0.39 is 23.8 Å². The summed E-state index contributed by atoms with van der Waals surface area (Å²) >= 11 is 7.77. The van der Waals surface area contributed by atoms with Gasteiger partial charge >= 0.3 is 11.9 Å². The molecule has 0 fully saturated rings. The fourth-order valence-electron chi connectivity index (χ4n) is 4.36. The van der Waals surface area contributed by atoms with Crippen LogP contribution in [0.3, 0.4) is 0 Å². The third-order valence-corrected chi connectivity index (χ3v) is 6.95. The number of benzene rings is 1. The van der Waals surface area contributed by atoms with Gasteiger partial charge in [0, 0.05) is 33.7 Å². The molecular formula is C24H28ClNO5S. The molecule has 1 aliphatic heterocycles. The summed E-state index contributed by atoms with van der Waals surface area (Å²) in [4.78, 5) is 39.2. The summed E-state index contributed by atoms with van der Waals surface area (Å²) < 4.78 is 10.5. The highest BCUT2D eigenvalue weighted by Crippen LogP contribution is 2.45. The standard InChI is InChI=1S/C24H28ClNO5S/c1-5-32-11-10-31-24(29)19-14(3)26-17-12-13(2)18(23(28)30-4)22(27)21(17)20(19)15-6-8-16(25)9-7-15/h6-9,13,18,20,26H,5,10-12H2,1-4H3/t13-,18+,20-/m0/s1. The molecule has 172 valence electrons. The van der Waals surface area contributed by atoms with Crippen LogP contribution in [-0.4, -0.2) is 42.9 Å². The summed E-state index contributed by atoms with van der Waals surface area (Å²) in [5.41, 5.74) is 2.91. The maximum atomic E-state index is 13.6. The minimum atomic E-state index is -0.910. The molecule has 0 bridgehead atoms. The topological polar surface area (TPSA) is 81.7 Å².